The van der Waals surface area contributed by atoms with Gasteiger partial charge in [0.1, 0.15) is 10.6 Å². The van der Waals surface area contributed by atoms with Crippen LogP contribution in [0.1, 0.15) is 41.3 Å². The molecule has 5 rings (SSSR count). The molecule has 0 saturated carbocycles. The highest BCUT2D eigenvalue weighted by Crippen LogP contribution is 2.39. The lowest BCUT2D eigenvalue weighted by atomic mass is 9.96. The van der Waals surface area contributed by atoms with Gasteiger partial charge in [-0.3, -0.25) is 4.98 Å². The second-order valence-corrected chi connectivity index (χ2v) is 9.79. The first-order chi connectivity index (χ1) is 15.2. The molecule has 0 spiro atoms. The largest absolute Gasteiger partial charge is 0.369 e. The Morgan fingerprint density at radius 2 is 1.90 bits per heavy atom. The van der Waals surface area contributed by atoms with E-state index < -0.39 is 0 Å². The van der Waals surface area contributed by atoms with E-state index in [4.69, 9.17) is 9.97 Å². The second-order valence-electron chi connectivity index (χ2n) is 8.70. The molecular weight excluding hydrogens is 400 g/mol. The molecule has 4 aromatic rings. The van der Waals surface area contributed by atoms with E-state index >= 15 is 0 Å². The molecule has 3 heterocycles. The zero-order valence-electron chi connectivity index (χ0n) is 18.2. The summed E-state index contributed by atoms with van der Waals surface area (Å²) in [6.45, 7) is 5.35. The number of nitrogens with one attached hydrogen (secondary N) is 1. The Hall–Kier alpha value is -2.79. The molecule has 158 valence electrons. The summed E-state index contributed by atoms with van der Waals surface area (Å²) in [5, 5.41) is 4.96. The van der Waals surface area contributed by atoms with E-state index in [0.29, 0.717) is 5.92 Å². The maximum atomic E-state index is 5.00. The van der Waals surface area contributed by atoms with Crippen molar-refractivity contribution < 1.29 is 0 Å². The van der Waals surface area contributed by atoms with Crippen molar-refractivity contribution in [1.29, 1.82) is 0 Å². The van der Waals surface area contributed by atoms with Crippen LogP contribution in [0.15, 0.2) is 48.8 Å². The van der Waals surface area contributed by atoms with Gasteiger partial charge in [0.25, 0.3) is 0 Å². The first kappa shape index (κ1) is 20.1. The van der Waals surface area contributed by atoms with E-state index in [-0.39, 0.29) is 0 Å². The Kier molecular flexibility index (Phi) is 5.68. The van der Waals surface area contributed by atoms with Gasteiger partial charge in [0.2, 0.25) is 0 Å². The predicted octanol–water partition coefficient (Wildman–Crippen LogP) is 6.23. The summed E-state index contributed by atoms with van der Waals surface area (Å²) in [5.74, 6) is 2.28. The summed E-state index contributed by atoms with van der Waals surface area (Å²) in [6.07, 6.45) is 9.51. The molecule has 1 N–H and O–H groups in total. The zero-order valence-corrected chi connectivity index (χ0v) is 19.0. The normalized spacial score (nSPS) is 14.4. The van der Waals surface area contributed by atoms with E-state index in [9.17, 15) is 0 Å². The van der Waals surface area contributed by atoms with Gasteiger partial charge in [-0.25, -0.2) is 9.97 Å². The van der Waals surface area contributed by atoms with E-state index in [0.717, 1.165) is 41.4 Å². The fourth-order valence-corrected chi connectivity index (χ4v) is 5.76. The van der Waals surface area contributed by atoms with Crippen LogP contribution in [0.2, 0.25) is 0 Å². The first-order valence-corrected chi connectivity index (χ1v) is 12.0. The number of anilines is 1. The van der Waals surface area contributed by atoms with Gasteiger partial charge >= 0.3 is 0 Å². The van der Waals surface area contributed by atoms with E-state index in [1.54, 1.807) is 12.4 Å². The fourth-order valence-electron chi connectivity index (χ4n) is 4.50. The first-order valence-electron chi connectivity index (χ1n) is 11.2. The Morgan fingerprint density at radius 1 is 1.06 bits per heavy atom. The molecule has 1 aliphatic rings. The molecule has 31 heavy (non-hydrogen) atoms. The predicted molar refractivity (Wildman–Crippen MR) is 130 cm³/mol. The molecule has 5 heteroatoms. The van der Waals surface area contributed by atoms with E-state index in [1.807, 2.05) is 23.5 Å². The summed E-state index contributed by atoms with van der Waals surface area (Å²) in [6, 6.07) is 12.8. The van der Waals surface area contributed by atoms with E-state index in [2.05, 4.69) is 48.4 Å². The highest BCUT2D eigenvalue weighted by molar-refractivity contribution is 7.19. The van der Waals surface area contributed by atoms with Crippen molar-refractivity contribution >= 4 is 27.4 Å². The number of pyridine rings is 1. The highest BCUT2D eigenvalue weighted by Gasteiger charge is 2.21. The van der Waals surface area contributed by atoms with Crippen molar-refractivity contribution in [3.63, 3.8) is 0 Å². The summed E-state index contributed by atoms with van der Waals surface area (Å²) in [4.78, 5) is 16.7. The molecular formula is C26H28N4S. The number of aryl methyl sites for hydroxylation is 3. The van der Waals surface area contributed by atoms with Crippen LogP contribution in [0.25, 0.3) is 21.6 Å². The van der Waals surface area contributed by atoms with Gasteiger partial charge in [-0.2, -0.15) is 0 Å². The van der Waals surface area contributed by atoms with Crippen LogP contribution in [0.3, 0.4) is 0 Å². The van der Waals surface area contributed by atoms with Crippen LogP contribution >= 0.6 is 11.3 Å². The average molecular weight is 429 g/mol. The van der Waals surface area contributed by atoms with E-state index in [1.165, 1.54) is 46.2 Å². The van der Waals surface area contributed by atoms with Gasteiger partial charge in [0, 0.05) is 29.4 Å². The summed E-state index contributed by atoms with van der Waals surface area (Å²) in [7, 11) is 0. The number of hydrogen-bond acceptors (Lipinski definition) is 5. The average Bonchev–Trinajstić information content (AvgIpc) is 3.17. The van der Waals surface area contributed by atoms with Crippen LogP contribution in [-0.2, 0) is 19.3 Å². The lowest BCUT2D eigenvalue weighted by Gasteiger charge is -2.16. The number of benzene rings is 1. The standard InChI is InChI=1S/C26H28N4S/c1-17-6-5-7-19(14-17)15-18(2)16-28-25-23-21-8-3-4-9-22(21)31-26(23)30-24(29-25)20-10-12-27-13-11-20/h5-7,10-14,18H,3-4,8-9,15-16H2,1-2H3,(H,28,29,30). The molecule has 1 unspecified atom stereocenters. The fraction of sp³-hybridized carbons (Fsp3) is 0.346. The Balaban J connectivity index is 1.46. The lowest BCUT2D eigenvalue weighted by molar-refractivity contribution is 0.611. The molecule has 0 fully saturated rings. The van der Waals surface area contributed by atoms with Crippen LogP contribution in [0, 0.1) is 12.8 Å². The van der Waals surface area contributed by atoms with Crippen molar-refractivity contribution in [3.05, 3.63) is 70.4 Å². The highest BCUT2D eigenvalue weighted by atomic mass is 32.1. The summed E-state index contributed by atoms with van der Waals surface area (Å²) >= 11 is 1.85. The maximum Gasteiger partial charge on any atom is 0.163 e. The molecule has 0 radical (unpaired) electrons. The molecule has 0 amide bonds. The molecule has 0 aliphatic heterocycles. The van der Waals surface area contributed by atoms with Crippen molar-refractivity contribution in [2.24, 2.45) is 5.92 Å². The van der Waals surface area contributed by atoms with Gasteiger partial charge in [-0.1, -0.05) is 36.8 Å². The Bertz CT molecular complexity index is 1200. The van der Waals surface area contributed by atoms with Crippen LogP contribution in [0.4, 0.5) is 5.82 Å². The molecule has 0 saturated heterocycles. The molecule has 3 aromatic heterocycles. The van der Waals surface area contributed by atoms with Gasteiger partial charge in [-0.05, 0) is 68.2 Å². The SMILES string of the molecule is Cc1cccc(CC(C)CNc2nc(-c3ccncc3)nc3sc4c(c23)CCCC4)c1. The van der Waals surface area contributed by atoms with Gasteiger partial charge < -0.3 is 5.32 Å². The number of aromatic nitrogens is 3. The van der Waals surface area contributed by atoms with Crippen molar-refractivity contribution in [1.82, 2.24) is 15.0 Å². The van der Waals surface area contributed by atoms with Crippen molar-refractivity contribution in [2.45, 2.75) is 46.0 Å². The third-order valence-electron chi connectivity index (χ3n) is 6.04. The monoisotopic (exact) mass is 428 g/mol. The second kappa shape index (κ2) is 8.75. The zero-order chi connectivity index (χ0) is 21.2. The lowest BCUT2D eigenvalue weighted by Crippen LogP contribution is -2.15. The molecule has 0 bridgehead atoms. The smallest absolute Gasteiger partial charge is 0.163 e. The minimum atomic E-state index is 0.505. The van der Waals surface area contributed by atoms with Gasteiger partial charge in [0.05, 0.1) is 5.39 Å². The molecule has 4 nitrogen and oxygen atoms in total. The molecule has 1 atom stereocenters. The number of rotatable bonds is 6. The topological polar surface area (TPSA) is 50.7 Å². The number of thiophene rings is 1. The minimum Gasteiger partial charge on any atom is -0.369 e. The Labute approximate surface area is 187 Å². The van der Waals surface area contributed by atoms with Crippen LogP contribution < -0.4 is 5.32 Å². The van der Waals surface area contributed by atoms with Crippen LogP contribution in [-0.4, -0.2) is 21.5 Å². The quantitative estimate of drug-likeness (QED) is 0.395. The third-order valence-corrected chi connectivity index (χ3v) is 7.22. The van der Waals surface area contributed by atoms with Gasteiger partial charge in [-0.15, -0.1) is 11.3 Å². The van der Waals surface area contributed by atoms with Crippen molar-refractivity contribution in [3.8, 4) is 11.4 Å². The molecule has 1 aliphatic carbocycles. The third kappa shape index (κ3) is 4.33. The van der Waals surface area contributed by atoms with Crippen molar-refractivity contribution in [2.75, 3.05) is 11.9 Å². The summed E-state index contributed by atoms with van der Waals surface area (Å²) < 4.78 is 0. The van der Waals surface area contributed by atoms with Crippen LogP contribution in [0.5, 0.6) is 0 Å². The minimum absolute atomic E-state index is 0.505. The number of hydrogen-bond donors (Lipinski definition) is 1. The molecule has 1 aromatic carbocycles. The number of fused-ring (bicyclic) bond motifs is 3. The Morgan fingerprint density at radius 3 is 2.74 bits per heavy atom. The maximum absolute atomic E-state index is 5.00. The number of nitrogens with zero attached hydrogens (tertiary/aromatic N) is 3. The summed E-state index contributed by atoms with van der Waals surface area (Å²) in [5.41, 5.74) is 5.20. The van der Waals surface area contributed by atoms with Gasteiger partial charge in [0.15, 0.2) is 5.82 Å².